The van der Waals surface area contributed by atoms with Crippen LogP contribution in [0.5, 0.6) is 0 Å². The summed E-state index contributed by atoms with van der Waals surface area (Å²) in [5, 5.41) is 0. The molecular formula is C50H66B2O3. The molecule has 4 aromatic rings. The molecule has 0 amide bonds. The molecule has 0 saturated carbocycles. The van der Waals surface area contributed by atoms with E-state index in [1.807, 2.05) is 0 Å². The molecule has 1 aliphatic heterocycles. The fourth-order valence-electron chi connectivity index (χ4n) is 10.1. The summed E-state index contributed by atoms with van der Waals surface area (Å²) in [5.74, 6) is 0. The lowest BCUT2D eigenvalue weighted by atomic mass is 9.65. The van der Waals surface area contributed by atoms with Gasteiger partial charge in [0.1, 0.15) is 0 Å². The number of hydrogen-bond donors (Lipinski definition) is 0. The molecule has 4 aromatic carbocycles. The third kappa shape index (κ3) is 7.32. The summed E-state index contributed by atoms with van der Waals surface area (Å²) in [6.07, 6.45) is 16.0. The van der Waals surface area contributed by atoms with Crippen molar-refractivity contribution in [2.45, 2.75) is 148 Å². The summed E-state index contributed by atoms with van der Waals surface area (Å²) < 4.78 is 18.6. The van der Waals surface area contributed by atoms with Crippen molar-refractivity contribution in [3.8, 4) is 22.3 Å². The van der Waals surface area contributed by atoms with Gasteiger partial charge in [-0.2, -0.15) is 0 Å². The van der Waals surface area contributed by atoms with E-state index >= 15 is 0 Å². The lowest BCUT2D eigenvalue weighted by Crippen LogP contribution is -2.34. The Balaban J connectivity index is 1.49. The van der Waals surface area contributed by atoms with Crippen molar-refractivity contribution >= 4 is 25.5 Å². The third-order valence-electron chi connectivity index (χ3n) is 14.0. The van der Waals surface area contributed by atoms with Crippen LogP contribution in [-0.2, 0) is 30.2 Å². The molecule has 1 spiro atoms. The Morgan fingerprint density at radius 2 is 1.07 bits per heavy atom. The van der Waals surface area contributed by atoms with E-state index in [2.05, 4.69) is 121 Å². The molecule has 1 saturated heterocycles. The molecule has 290 valence electrons. The minimum atomic E-state index is -0.468. The largest absolute Gasteiger partial charge is 0.494 e. The van der Waals surface area contributed by atoms with Crippen molar-refractivity contribution in [2.75, 3.05) is 19.8 Å². The van der Waals surface area contributed by atoms with Gasteiger partial charge in [0.25, 0.3) is 0 Å². The molecule has 3 nitrogen and oxygen atoms in total. The maximum Gasteiger partial charge on any atom is 0.494 e. The molecule has 2 aliphatic carbocycles. The summed E-state index contributed by atoms with van der Waals surface area (Å²) in [6.45, 7) is 18.7. The Kier molecular flexibility index (Phi) is 12.5. The number of benzene rings is 4. The zero-order valence-corrected chi connectivity index (χ0v) is 35.3. The average Bonchev–Trinajstić information content (AvgIpc) is 3.93. The highest BCUT2D eigenvalue weighted by Gasteiger charge is 2.53. The fraction of sp³-hybridized carbons (Fsp3) is 0.520. The average molecular weight is 737 g/mol. The second-order valence-corrected chi connectivity index (χ2v) is 17.5. The zero-order valence-electron chi connectivity index (χ0n) is 35.3. The van der Waals surface area contributed by atoms with Crippen LogP contribution in [0.2, 0.25) is 0 Å². The second-order valence-electron chi connectivity index (χ2n) is 17.5. The SMILES string of the molecule is CCCCCCC(C)(CC)c1ccc2c(c1)C1(c3cc(BOCCC)ccc3-c3ccc(B4OCCO4)cc31)c1cc(C(C)(CC)CCCCCC)ccc1-2. The van der Waals surface area contributed by atoms with Crippen LogP contribution >= 0.6 is 0 Å². The smallest absolute Gasteiger partial charge is 0.434 e. The van der Waals surface area contributed by atoms with Crippen LogP contribution in [0.4, 0.5) is 0 Å². The van der Waals surface area contributed by atoms with Gasteiger partial charge in [-0.05, 0) is 104 Å². The van der Waals surface area contributed by atoms with E-state index in [0.29, 0.717) is 20.7 Å². The van der Waals surface area contributed by atoms with Crippen LogP contribution in [-0.4, -0.2) is 34.4 Å². The van der Waals surface area contributed by atoms with Crippen LogP contribution in [0.1, 0.15) is 165 Å². The van der Waals surface area contributed by atoms with Crippen molar-refractivity contribution < 1.29 is 14.0 Å². The predicted molar refractivity (Wildman–Crippen MR) is 236 cm³/mol. The molecule has 2 unspecified atom stereocenters. The highest BCUT2D eigenvalue weighted by atomic mass is 16.6. The summed E-state index contributed by atoms with van der Waals surface area (Å²) in [6, 6.07) is 29.5. The standard InChI is InChI=1S/C50H66B2O3/c1-8-13-15-17-27-48(6,11-4)36-19-23-40-41-24-20-37(49(7,12-5)28-18-16-14-9-2)33-45(41)50(44(40)32-36)46-34-38(51-53-29-10-3)21-25-42(46)43-26-22-39(35-47(43)50)52-54-30-31-55-52/h19-26,32-35,51H,8-18,27-31H2,1-7H3. The molecule has 7 rings (SSSR count). The molecule has 1 fully saturated rings. The van der Waals surface area contributed by atoms with E-state index in [1.165, 1.54) is 125 Å². The van der Waals surface area contributed by atoms with Crippen LogP contribution in [0.15, 0.2) is 72.8 Å². The summed E-state index contributed by atoms with van der Waals surface area (Å²) >= 11 is 0. The maximum absolute atomic E-state index is 6.22. The quantitative estimate of drug-likeness (QED) is 0.0612. The maximum atomic E-state index is 6.22. The summed E-state index contributed by atoms with van der Waals surface area (Å²) in [5.41, 5.74) is 16.1. The topological polar surface area (TPSA) is 27.7 Å². The predicted octanol–water partition coefficient (Wildman–Crippen LogP) is 11.5. The first-order chi connectivity index (χ1) is 26.8. The van der Waals surface area contributed by atoms with Gasteiger partial charge >= 0.3 is 14.6 Å². The van der Waals surface area contributed by atoms with E-state index in [1.54, 1.807) is 0 Å². The van der Waals surface area contributed by atoms with Crippen molar-refractivity contribution in [2.24, 2.45) is 0 Å². The first-order valence-corrected chi connectivity index (χ1v) is 22.2. The van der Waals surface area contributed by atoms with Gasteiger partial charge in [0, 0.05) is 6.61 Å². The van der Waals surface area contributed by atoms with Crippen LogP contribution in [0.3, 0.4) is 0 Å². The lowest BCUT2D eigenvalue weighted by Gasteiger charge is -2.35. The molecule has 55 heavy (non-hydrogen) atoms. The van der Waals surface area contributed by atoms with E-state index in [0.717, 1.165) is 31.3 Å². The van der Waals surface area contributed by atoms with Crippen LogP contribution in [0.25, 0.3) is 22.3 Å². The molecular weight excluding hydrogens is 670 g/mol. The van der Waals surface area contributed by atoms with Gasteiger partial charge in [-0.15, -0.1) is 0 Å². The monoisotopic (exact) mass is 737 g/mol. The second kappa shape index (κ2) is 17.2. The van der Waals surface area contributed by atoms with Crippen LogP contribution in [0, 0.1) is 0 Å². The molecule has 5 heteroatoms. The Morgan fingerprint density at radius 3 is 1.58 bits per heavy atom. The molecule has 0 bridgehead atoms. The Morgan fingerprint density at radius 1 is 0.582 bits per heavy atom. The van der Waals surface area contributed by atoms with E-state index in [4.69, 9.17) is 14.0 Å². The normalized spacial score (nSPS) is 18.9. The number of unbranched alkanes of at least 4 members (excludes halogenated alkanes) is 6. The van der Waals surface area contributed by atoms with E-state index in [9.17, 15) is 0 Å². The minimum absolute atomic E-state index is 0.108. The van der Waals surface area contributed by atoms with Gasteiger partial charge < -0.3 is 14.0 Å². The Hall–Kier alpha value is -3.11. The minimum Gasteiger partial charge on any atom is -0.434 e. The van der Waals surface area contributed by atoms with Crippen molar-refractivity contribution in [1.82, 2.24) is 0 Å². The van der Waals surface area contributed by atoms with Gasteiger partial charge in [0.05, 0.1) is 18.6 Å². The van der Waals surface area contributed by atoms with Gasteiger partial charge in [-0.25, -0.2) is 0 Å². The Bertz CT molecular complexity index is 1870. The number of rotatable bonds is 19. The fourth-order valence-corrected chi connectivity index (χ4v) is 10.1. The lowest BCUT2D eigenvalue weighted by molar-refractivity contribution is 0.341. The van der Waals surface area contributed by atoms with Crippen molar-refractivity contribution in [3.63, 3.8) is 0 Å². The van der Waals surface area contributed by atoms with E-state index in [-0.39, 0.29) is 17.9 Å². The van der Waals surface area contributed by atoms with Gasteiger partial charge in [0.15, 0.2) is 0 Å². The van der Waals surface area contributed by atoms with Crippen molar-refractivity contribution in [3.05, 3.63) is 106 Å². The molecule has 0 radical (unpaired) electrons. The first-order valence-electron chi connectivity index (χ1n) is 22.2. The highest BCUT2D eigenvalue weighted by molar-refractivity contribution is 6.61. The molecule has 1 heterocycles. The number of hydrogen-bond acceptors (Lipinski definition) is 3. The summed E-state index contributed by atoms with van der Waals surface area (Å²) in [4.78, 5) is 0. The molecule has 3 aliphatic rings. The van der Waals surface area contributed by atoms with Gasteiger partial charge in [-0.3, -0.25) is 0 Å². The Labute approximate surface area is 334 Å². The van der Waals surface area contributed by atoms with Gasteiger partial charge in [0.2, 0.25) is 0 Å². The zero-order chi connectivity index (χ0) is 38.6. The molecule has 0 N–H and O–H groups in total. The summed E-state index contributed by atoms with van der Waals surface area (Å²) in [7, 11) is 0.291. The van der Waals surface area contributed by atoms with Crippen LogP contribution < -0.4 is 10.9 Å². The number of fused-ring (bicyclic) bond motifs is 10. The highest BCUT2D eigenvalue weighted by Crippen LogP contribution is 2.63. The van der Waals surface area contributed by atoms with Gasteiger partial charge in [-0.1, -0.05) is 178 Å². The van der Waals surface area contributed by atoms with E-state index < -0.39 is 5.41 Å². The molecule has 0 aromatic heterocycles. The molecule has 2 atom stereocenters. The third-order valence-corrected chi connectivity index (χ3v) is 14.0. The first kappa shape index (κ1) is 40.1. The van der Waals surface area contributed by atoms with Crippen molar-refractivity contribution in [1.29, 1.82) is 0 Å².